The minimum atomic E-state index is 0.460. The second-order valence-corrected chi connectivity index (χ2v) is 4.90. The summed E-state index contributed by atoms with van der Waals surface area (Å²) in [5, 5.41) is 10.4. The van der Waals surface area contributed by atoms with Gasteiger partial charge >= 0.3 is 0 Å². The number of aromatic nitrogens is 1. The second-order valence-electron chi connectivity index (χ2n) is 3.40. The number of benzene rings is 1. The average molecular weight is 275 g/mol. The predicted octanol–water partition coefficient (Wildman–Crippen LogP) is 3.57. The third-order valence-corrected chi connectivity index (χ3v) is 3.43. The first-order chi connectivity index (χ1) is 8.72. The lowest BCUT2D eigenvalue weighted by molar-refractivity contribution is 0.112. The fourth-order valence-corrected chi connectivity index (χ4v) is 2.26. The molecular weight excluding hydrogens is 268 g/mol. The van der Waals surface area contributed by atoms with Crippen LogP contribution in [0.3, 0.4) is 0 Å². The van der Waals surface area contributed by atoms with Crippen molar-refractivity contribution >= 4 is 29.6 Å². The highest BCUT2D eigenvalue weighted by atomic mass is 35.5. The van der Waals surface area contributed by atoms with Crippen molar-refractivity contribution in [2.45, 2.75) is 9.92 Å². The van der Waals surface area contributed by atoms with Gasteiger partial charge in [-0.3, -0.25) is 4.79 Å². The van der Waals surface area contributed by atoms with Crippen molar-refractivity contribution in [1.29, 1.82) is 5.26 Å². The molecular formula is C13H7ClN2OS. The standard InChI is InChI=1S/C13H7ClN2OS/c14-11-2-4-13(16-7-11)18-12-3-1-9(8-17)5-10(12)6-15/h1-5,7-8H. The number of nitrogens with zero attached hydrogens (tertiary/aromatic N) is 2. The molecule has 0 spiro atoms. The van der Waals surface area contributed by atoms with Gasteiger partial charge < -0.3 is 0 Å². The van der Waals surface area contributed by atoms with E-state index in [1.165, 1.54) is 11.8 Å². The van der Waals surface area contributed by atoms with Gasteiger partial charge in [-0.15, -0.1) is 0 Å². The van der Waals surface area contributed by atoms with Gasteiger partial charge in [0.2, 0.25) is 0 Å². The molecule has 5 heteroatoms. The van der Waals surface area contributed by atoms with E-state index < -0.39 is 0 Å². The number of carbonyl (C=O) groups is 1. The fraction of sp³-hybridized carbons (Fsp3) is 0. The van der Waals surface area contributed by atoms with Gasteiger partial charge in [0.1, 0.15) is 17.4 Å². The molecule has 1 heterocycles. The van der Waals surface area contributed by atoms with Gasteiger partial charge in [-0.1, -0.05) is 29.4 Å². The zero-order valence-electron chi connectivity index (χ0n) is 9.13. The van der Waals surface area contributed by atoms with Crippen molar-refractivity contribution < 1.29 is 4.79 Å². The van der Waals surface area contributed by atoms with E-state index in [-0.39, 0.29) is 0 Å². The van der Waals surface area contributed by atoms with Gasteiger partial charge in [0.25, 0.3) is 0 Å². The zero-order chi connectivity index (χ0) is 13.0. The van der Waals surface area contributed by atoms with E-state index >= 15 is 0 Å². The second kappa shape index (κ2) is 5.67. The van der Waals surface area contributed by atoms with Crippen molar-refractivity contribution in [2.24, 2.45) is 0 Å². The molecule has 0 atom stereocenters. The van der Waals surface area contributed by atoms with Crippen LogP contribution in [0.4, 0.5) is 0 Å². The maximum Gasteiger partial charge on any atom is 0.150 e. The molecule has 0 saturated heterocycles. The molecule has 0 unspecified atom stereocenters. The first-order valence-corrected chi connectivity index (χ1v) is 6.21. The van der Waals surface area contributed by atoms with Crippen LogP contribution in [0.2, 0.25) is 5.02 Å². The molecule has 0 bridgehead atoms. The summed E-state index contributed by atoms with van der Waals surface area (Å²) < 4.78 is 0. The molecule has 1 aromatic carbocycles. The fourth-order valence-electron chi connectivity index (χ4n) is 1.33. The predicted molar refractivity (Wildman–Crippen MR) is 69.9 cm³/mol. The smallest absolute Gasteiger partial charge is 0.150 e. The summed E-state index contributed by atoms with van der Waals surface area (Å²) in [7, 11) is 0. The van der Waals surface area contributed by atoms with Crippen LogP contribution in [-0.4, -0.2) is 11.3 Å². The van der Waals surface area contributed by atoms with Gasteiger partial charge in [0.05, 0.1) is 10.6 Å². The minimum Gasteiger partial charge on any atom is -0.298 e. The van der Waals surface area contributed by atoms with Crippen LogP contribution in [0.15, 0.2) is 46.5 Å². The SMILES string of the molecule is N#Cc1cc(C=O)ccc1Sc1ccc(Cl)cn1. The molecule has 0 aliphatic heterocycles. The van der Waals surface area contributed by atoms with E-state index in [9.17, 15) is 4.79 Å². The largest absolute Gasteiger partial charge is 0.298 e. The Morgan fingerprint density at radius 1 is 1.33 bits per heavy atom. The molecule has 0 aliphatic carbocycles. The molecule has 0 amide bonds. The Bertz CT molecular complexity index is 620. The Hall–Kier alpha value is -1.83. The van der Waals surface area contributed by atoms with E-state index in [0.717, 1.165) is 16.2 Å². The number of hydrogen-bond acceptors (Lipinski definition) is 4. The summed E-state index contributed by atoms with van der Waals surface area (Å²) in [5.74, 6) is 0. The van der Waals surface area contributed by atoms with Gasteiger partial charge in [0, 0.05) is 16.7 Å². The Morgan fingerprint density at radius 2 is 2.17 bits per heavy atom. The minimum absolute atomic E-state index is 0.460. The average Bonchev–Trinajstić information content (AvgIpc) is 2.41. The third-order valence-electron chi connectivity index (χ3n) is 2.17. The number of aldehydes is 1. The van der Waals surface area contributed by atoms with Crippen molar-refractivity contribution in [3.63, 3.8) is 0 Å². The summed E-state index contributed by atoms with van der Waals surface area (Å²) in [6.07, 6.45) is 2.27. The Kier molecular flexibility index (Phi) is 3.98. The van der Waals surface area contributed by atoms with Crippen LogP contribution in [0, 0.1) is 11.3 Å². The van der Waals surface area contributed by atoms with E-state index in [2.05, 4.69) is 11.1 Å². The van der Waals surface area contributed by atoms with Crippen LogP contribution in [0.1, 0.15) is 15.9 Å². The number of halogens is 1. The molecule has 0 N–H and O–H groups in total. The summed E-state index contributed by atoms with van der Waals surface area (Å²) in [6.45, 7) is 0. The van der Waals surface area contributed by atoms with Gasteiger partial charge in [-0.25, -0.2) is 4.98 Å². The summed E-state index contributed by atoms with van der Waals surface area (Å²) in [5.41, 5.74) is 0.946. The number of pyridine rings is 1. The Balaban J connectivity index is 2.31. The van der Waals surface area contributed by atoms with Gasteiger partial charge in [0.15, 0.2) is 0 Å². The van der Waals surface area contributed by atoms with E-state index in [4.69, 9.17) is 16.9 Å². The van der Waals surface area contributed by atoms with Crippen molar-refractivity contribution in [3.05, 3.63) is 52.7 Å². The maximum absolute atomic E-state index is 10.6. The van der Waals surface area contributed by atoms with Crippen molar-refractivity contribution in [2.75, 3.05) is 0 Å². The molecule has 3 nitrogen and oxygen atoms in total. The van der Waals surface area contributed by atoms with Gasteiger partial charge in [-0.05, 0) is 24.3 Å². The lowest BCUT2D eigenvalue weighted by atomic mass is 10.1. The van der Waals surface area contributed by atoms with Crippen LogP contribution in [0.5, 0.6) is 0 Å². The normalized spacial score (nSPS) is 9.78. The molecule has 2 rings (SSSR count). The molecule has 88 valence electrons. The number of rotatable bonds is 3. The van der Waals surface area contributed by atoms with Crippen molar-refractivity contribution in [3.8, 4) is 6.07 Å². The lowest BCUT2D eigenvalue weighted by Gasteiger charge is -2.03. The lowest BCUT2D eigenvalue weighted by Crippen LogP contribution is -1.87. The highest BCUT2D eigenvalue weighted by Gasteiger charge is 2.06. The van der Waals surface area contributed by atoms with E-state index in [1.54, 1.807) is 36.5 Å². The van der Waals surface area contributed by atoms with Crippen LogP contribution in [-0.2, 0) is 0 Å². The number of hydrogen-bond donors (Lipinski definition) is 0. The first kappa shape index (κ1) is 12.6. The monoisotopic (exact) mass is 274 g/mol. The summed E-state index contributed by atoms with van der Waals surface area (Å²) in [4.78, 5) is 15.5. The molecule has 0 radical (unpaired) electrons. The topological polar surface area (TPSA) is 53.8 Å². The zero-order valence-corrected chi connectivity index (χ0v) is 10.7. The molecule has 0 aliphatic rings. The first-order valence-electron chi connectivity index (χ1n) is 5.01. The van der Waals surface area contributed by atoms with Crippen LogP contribution < -0.4 is 0 Å². The van der Waals surface area contributed by atoms with Crippen LogP contribution >= 0.6 is 23.4 Å². The quantitative estimate of drug-likeness (QED) is 0.803. The van der Waals surface area contributed by atoms with Gasteiger partial charge in [-0.2, -0.15) is 5.26 Å². The van der Waals surface area contributed by atoms with E-state index in [0.29, 0.717) is 16.1 Å². The summed E-state index contributed by atoms with van der Waals surface area (Å²) >= 11 is 7.11. The molecule has 1 aromatic heterocycles. The van der Waals surface area contributed by atoms with E-state index in [1.807, 2.05) is 0 Å². The summed E-state index contributed by atoms with van der Waals surface area (Å²) in [6, 6.07) is 10.6. The highest BCUT2D eigenvalue weighted by molar-refractivity contribution is 7.99. The molecule has 0 fully saturated rings. The molecule has 0 saturated carbocycles. The molecule has 2 aromatic rings. The highest BCUT2D eigenvalue weighted by Crippen LogP contribution is 2.29. The molecule has 18 heavy (non-hydrogen) atoms. The Labute approximate surface area is 113 Å². The number of carbonyl (C=O) groups excluding carboxylic acids is 1. The Morgan fingerprint density at radius 3 is 2.78 bits per heavy atom. The van der Waals surface area contributed by atoms with Crippen LogP contribution in [0.25, 0.3) is 0 Å². The van der Waals surface area contributed by atoms with Crippen molar-refractivity contribution in [1.82, 2.24) is 4.98 Å². The third kappa shape index (κ3) is 2.89. The maximum atomic E-state index is 10.6. The number of nitriles is 1.